The molecule has 1 saturated heterocycles. The van der Waals surface area contributed by atoms with E-state index >= 15 is 0 Å². The summed E-state index contributed by atoms with van der Waals surface area (Å²) in [6, 6.07) is 10.8. The molecule has 0 radical (unpaired) electrons. The monoisotopic (exact) mass is 285 g/mol. The quantitative estimate of drug-likeness (QED) is 0.865. The van der Waals surface area contributed by atoms with Gasteiger partial charge >= 0.3 is 0 Å². The number of hydrogen-bond acceptors (Lipinski definition) is 4. The molecule has 0 spiro atoms. The molecule has 4 heteroatoms. The minimum absolute atomic E-state index is 0.215. The number of hydrogen-bond donors (Lipinski definition) is 0. The summed E-state index contributed by atoms with van der Waals surface area (Å²) >= 11 is 0. The summed E-state index contributed by atoms with van der Waals surface area (Å²) in [6.07, 6.45) is 3.24. The van der Waals surface area contributed by atoms with E-state index in [1.165, 1.54) is 18.4 Å². The molecular formula is C17H23N3O. The van der Waals surface area contributed by atoms with Crippen LogP contribution >= 0.6 is 0 Å². The van der Waals surface area contributed by atoms with Crippen molar-refractivity contribution in [1.29, 1.82) is 0 Å². The van der Waals surface area contributed by atoms with Crippen molar-refractivity contribution in [2.75, 3.05) is 13.1 Å². The van der Waals surface area contributed by atoms with Crippen LogP contribution in [-0.2, 0) is 18.4 Å². The second-order valence-corrected chi connectivity index (χ2v) is 6.18. The van der Waals surface area contributed by atoms with Crippen LogP contribution in [0.25, 0.3) is 0 Å². The van der Waals surface area contributed by atoms with Gasteiger partial charge in [0.2, 0.25) is 11.8 Å². The van der Waals surface area contributed by atoms with Crippen LogP contribution in [0.15, 0.2) is 34.7 Å². The number of aromatic nitrogens is 2. The molecule has 2 heterocycles. The molecule has 1 atom stereocenters. The zero-order valence-corrected chi connectivity index (χ0v) is 12.9. The Labute approximate surface area is 126 Å². The van der Waals surface area contributed by atoms with Crippen molar-refractivity contribution in [2.24, 2.45) is 0 Å². The third-order valence-corrected chi connectivity index (χ3v) is 4.42. The van der Waals surface area contributed by atoms with Gasteiger partial charge in [-0.25, -0.2) is 0 Å². The molecule has 1 aliphatic heterocycles. The van der Waals surface area contributed by atoms with Crippen LogP contribution in [0.3, 0.4) is 0 Å². The van der Waals surface area contributed by atoms with E-state index in [4.69, 9.17) is 4.42 Å². The molecule has 1 aromatic carbocycles. The van der Waals surface area contributed by atoms with Crippen molar-refractivity contribution in [1.82, 2.24) is 15.1 Å². The van der Waals surface area contributed by atoms with Gasteiger partial charge in [0.15, 0.2) is 0 Å². The second kappa shape index (κ2) is 5.98. The Bertz CT molecular complexity index is 581. The molecule has 0 saturated carbocycles. The molecule has 0 aliphatic carbocycles. The maximum Gasteiger partial charge on any atom is 0.230 e. The molecule has 1 aliphatic rings. The van der Waals surface area contributed by atoms with Crippen molar-refractivity contribution < 1.29 is 4.42 Å². The maximum absolute atomic E-state index is 5.65. The van der Waals surface area contributed by atoms with Crippen LogP contribution in [-0.4, -0.2) is 28.2 Å². The third-order valence-electron chi connectivity index (χ3n) is 4.42. The second-order valence-electron chi connectivity index (χ2n) is 6.18. The summed E-state index contributed by atoms with van der Waals surface area (Å²) < 4.78 is 5.65. The fourth-order valence-electron chi connectivity index (χ4n) is 3.24. The van der Waals surface area contributed by atoms with Crippen LogP contribution in [0.2, 0.25) is 0 Å². The van der Waals surface area contributed by atoms with Crippen LogP contribution in [0.1, 0.15) is 44.0 Å². The van der Waals surface area contributed by atoms with Crippen molar-refractivity contribution in [2.45, 2.75) is 45.1 Å². The first-order valence-electron chi connectivity index (χ1n) is 7.79. The van der Waals surface area contributed by atoms with Gasteiger partial charge in [-0.2, -0.15) is 0 Å². The summed E-state index contributed by atoms with van der Waals surface area (Å²) in [4.78, 5) is 2.43. The Hall–Kier alpha value is -1.68. The molecule has 3 rings (SSSR count). The van der Waals surface area contributed by atoms with E-state index in [-0.39, 0.29) is 5.41 Å². The summed E-state index contributed by atoms with van der Waals surface area (Å²) in [5.74, 6) is 1.47. The SMILES string of the molecule is CCc1nnc(CN2CCC[C@](C)(c3ccccc3)C2)o1. The molecule has 1 aromatic heterocycles. The van der Waals surface area contributed by atoms with Crippen LogP contribution in [0.5, 0.6) is 0 Å². The van der Waals surface area contributed by atoms with E-state index in [2.05, 4.69) is 52.4 Å². The lowest BCUT2D eigenvalue weighted by Gasteiger charge is -2.40. The van der Waals surface area contributed by atoms with Gasteiger partial charge in [0, 0.05) is 18.4 Å². The molecular weight excluding hydrogens is 262 g/mol. The number of benzene rings is 1. The smallest absolute Gasteiger partial charge is 0.230 e. The highest BCUT2D eigenvalue weighted by molar-refractivity contribution is 5.25. The Morgan fingerprint density at radius 1 is 1.19 bits per heavy atom. The minimum Gasteiger partial charge on any atom is -0.424 e. The summed E-state index contributed by atoms with van der Waals surface area (Å²) in [5.41, 5.74) is 1.64. The standard InChI is InChI=1S/C17H23N3O/c1-3-15-18-19-16(21-15)12-20-11-7-10-17(2,13-20)14-8-5-4-6-9-14/h4-6,8-9H,3,7,10-13H2,1-2H3/t17-/m0/s1. The van der Waals surface area contributed by atoms with Crippen LogP contribution < -0.4 is 0 Å². The molecule has 112 valence electrons. The molecule has 0 amide bonds. The lowest BCUT2D eigenvalue weighted by Crippen LogP contribution is -2.43. The number of piperidine rings is 1. The lowest BCUT2D eigenvalue weighted by atomic mass is 9.76. The van der Waals surface area contributed by atoms with E-state index in [1.807, 2.05) is 6.92 Å². The Morgan fingerprint density at radius 3 is 2.67 bits per heavy atom. The van der Waals surface area contributed by atoms with Gasteiger partial charge in [0.25, 0.3) is 0 Å². The average molecular weight is 285 g/mol. The zero-order chi connectivity index (χ0) is 14.7. The summed E-state index contributed by atoms with van der Waals surface area (Å²) in [7, 11) is 0. The Kier molecular flexibility index (Phi) is 4.06. The third kappa shape index (κ3) is 3.16. The van der Waals surface area contributed by atoms with Crippen molar-refractivity contribution >= 4 is 0 Å². The molecule has 2 aromatic rings. The van der Waals surface area contributed by atoms with E-state index in [0.29, 0.717) is 0 Å². The molecule has 4 nitrogen and oxygen atoms in total. The highest BCUT2D eigenvalue weighted by Gasteiger charge is 2.32. The van der Waals surface area contributed by atoms with Gasteiger partial charge in [-0.3, -0.25) is 4.90 Å². The molecule has 0 unspecified atom stereocenters. The van der Waals surface area contributed by atoms with E-state index in [0.717, 1.165) is 37.8 Å². The van der Waals surface area contributed by atoms with Crippen molar-refractivity contribution in [3.63, 3.8) is 0 Å². The zero-order valence-electron chi connectivity index (χ0n) is 12.9. The van der Waals surface area contributed by atoms with Gasteiger partial charge in [-0.1, -0.05) is 44.2 Å². The first kappa shape index (κ1) is 14.3. The Balaban J connectivity index is 1.71. The summed E-state index contributed by atoms with van der Waals surface area (Å²) in [5, 5.41) is 8.19. The van der Waals surface area contributed by atoms with Crippen LogP contribution in [0.4, 0.5) is 0 Å². The van der Waals surface area contributed by atoms with E-state index in [1.54, 1.807) is 0 Å². The highest BCUT2D eigenvalue weighted by atomic mass is 16.4. The Morgan fingerprint density at radius 2 is 1.95 bits per heavy atom. The van der Waals surface area contributed by atoms with E-state index < -0.39 is 0 Å². The van der Waals surface area contributed by atoms with Gasteiger partial charge in [0.1, 0.15) is 0 Å². The fraction of sp³-hybridized carbons (Fsp3) is 0.529. The molecule has 1 fully saturated rings. The molecule has 21 heavy (non-hydrogen) atoms. The van der Waals surface area contributed by atoms with Gasteiger partial charge in [-0.05, 0) is 24.9 Å². The highest BCUT2D eigenvalue weighted by Crippen LogP contribution is 2.33. The predicted molar refractivity (Wildman–Crippen MR) is 82.0 cm³/mol. The fourth-order valence-corrected chi connectivity index (χ4v) is 3.24. The lowest BCUT2D eigenvalue weighted by molar-refractivity contribution is 0.138. The predicted octanol–water partition coefficient (Wildman–Crippen LogP) is 3.19. The molecule has 0 bridgehead atoms. The van der Waals surface area contributed by atoms with Gasteiger partial charge < -0.3 is 4.42 Å². The summed E-state index contributed by atoms with van der Waals surface area (Å²) in [6.45, 7) is 7.30. The normalized spacial score (nSPS) is 23.3. The number of nitrogens with zero attached hydrogens (tertiary/aromatic N) is 3. The largest absolute Gasteiger partial charge is 0.424 e. The average Bonchev–Trinajstić information content (AvgIpc) is 2.96. The topological polar surface area (TPSA) is 42.2 Å². The number of rotatable bonds is 4. The van der Waals surface area contributed by atoms with Gasteiger partial charge in [0.05, 0.1) is 6.54 Å². The first-order chi connectivity index (χ1) is 10.2. The van der Waals surface area contributed by atoms with E-state index in [9.17, 15) is 0 Å². The first-order valence-corrected chi connectivity index (χ1v) is 7.79. The maximum atomic E-state index is 5.65. The van der Waals surface area contributed by atoms with Crippen molar-refractivity contribution in [3.8, 4) is 0 Å². The van der Waals surface area contributed by atoms with Crippen molar-refractivity contribution in [3.05, 3.63) is 47.7 Å². The number of aryl methyl sites for hydroxylation is 1. The van der Waals surface area contributed by atoms with Crippen LogP contribution in [0, 0.1) is 0 Å². The molecule has 0 N–H and O–H groups in total. The van der Waals surface area contributed by atoms with Gasteiger partial charge in [-0.15, -0.1) is 10.2 Å². The minimum atomic E-state index is 0.215. The number of likely N-dealkylation sites (tertiary alicyclic amines) is 1.